The van der Waals surface area contributed by atoms with Gasteiger partial charge >= 0.3 is 0 Å². The number of amides is 1. The fraction of sp³-hybridized carbons (Fsp3) is 0.944. The summed E-state index contributed by atoms with van der Waals surface area (Å²) < 4.78 is 28.7. The first-order valence-corrected chi connectivity index (χ1v) is 11.1. The first-order valence-electron chi connectivity index (χ1n) is 9.63. The molecule has 0 bridgehead atoms. The maximum atomic E-state index is 13.5. The fourth-order valence-electron chi connectivity index (χ4n) is 5.30. The van der Waals surface area contributed by atoms with Crippen LogP contribution in [0, 0.1) is 5.92 Å². The molecular formula is C18H32N2O3S. The molecule has 1 amide bonds. The molecule has 2 saturated carbocycles. The second-order valence-corrected chi connectivity index (χ2v) is 10.2. The zero-order valence-electron chi connectivity index (χ0n) is 15.3. The lowest BCUT2D eigenvalue weighted by atomic mass is 9.86. The molecule has 3 rings (SSSR count). The number of piperazine rings is 1. The number of nitrogens with zero attached hydrogens (tertiary/aromatic N) is 2. The van der Waals surface area contributed by atoms with Crippen molar-refractivity contribution in [2.45, 2.75) is 95.5 Å². The SMILES string of the molecule is CC(=O)N1C2CCCCC2N(S(=O)(=O)C2CCCCC2C)C[C@@H]1C. The normalized spacial score (nSPS) is 38.6. The number of hydrogen-bond donors (Lipinski definition) is 0. The molecule has 0 N–H and O–H groups in total. The molecular weight excluding hydrogens is 324 g/mol. The van der Waals surface area contributed by atoms with Crippen molar-refractivity contribution in [2.24, 2.45) is 5.92 Å². The summed E-state index contributed by atoms with van der Waals surface area (Å²) in [5, 5.41) is -0.232. The Kier molecular flexibility index (Phi) is 5.26. The van der Waals surface area contributed by atoms with E-state index < -0.39 is 10.0 Å². The van der Waals surface area contributed by atoms with Crippen LogP contribution in [0.5, 0.6) is 0 Å². The molecule has 2 aliphatic carbocycles. The molecule has 1 heterocycles. The minimum atomic E-state index is -3.29. The summed E-state index contributed by atoms with van der Waals surface area (Å²) in [5.41, 5.74) is 0. The van der Waals surface area contributed by atoms with Crippen molar-refractivity contribution in [1.29, 1.82) is 0 Å². The van der Waals surface area contributed by atoms with Crippen LogP contribution in [0.4, 0.5) is 0 Å². The highest BCUT2D eigenvalue weighted by molar-refractivity contribution is 7.89. The average molecular weight is 357 g/mol. The van der Waals surface area contributed by atoms with Gasteiger partial charge in [-0.15, -0.1) is 0 Å². The predicted octanol–water partition coefficient (Wildman–Crippen LogP) is 2.76. The van der Waals surface area contributed by atoms with E-state index in [2.05, 4.69) is 6.92 Å². The quantitative estimate of drug-likeness (QED) is 0.764. The summed E-state index contributed by atoms with van der Waals surface area (Å²) >= 11 is 0. The van der Waals surface area contributed by atoms with Crippen molar-refractivity contribution < 1.29 is 13.2 Å². The zero-order chi connectivity index (χ0) is 17.5. The first-order chi connectivity index (χ1) is 11.3. The number of hydrogen-bond acceptors (Lipinski definition) is 3. The van der Waals surface area contributed by atoms with Gasteiger partial charge in [0.1, 0.15) is 0 Å². The van der Waals surface area contributed by atoms with Gasteiger partial charge in [-0.05, 0) is 38.5 Å². The summed E-state index contributed by atoms with van der Waals surface area (Å²) in [5.74, 6) is 0.328. The van der Waals surface area contributed by atoms with Crippen LogP contribution in [0.2, 0.25) is 0 Å². The molecule has 1 saturated heterocycles. The summed E-state index contributed by atoms with van der Waals surface area (Å²) in [6, 6.07) is 0.0159. The largest absolute Gasteiger partial charge is 0.334 e. The Morgan fingerprint density at radius 2 is 1.50 bits per heavy atom. The lowest BCUT2D eigenvalue weighted by Crippen LogP contribution is -2.67. The van der Waals surface area contributed by atoms with Gasteiger partial charge in [-0.3, -0.25) is 4.79 Å². The van der Waals surface area contributed by atoms with E-state index in [4.69, 9.17) is 0 Å². The van der Waals surface area contributed by atoms with Crippen molar-refractivity contribution in [3.63, 3.8) is 0 Å². The van der Waals surface area contributed by atoms with E-state index in [0.717, 1.165) is 51.4 Å². The average Bonchev–Trinajstić information content (AvgIpc) is 2.53. The molecule has 138 valence electrons. The highest BCUT2D eigenvalue weighted by Crippen LogP contribution is 2.38. The van der Waals surface area contributed by atoms with Crippen LogP contribution in [0.3, 0.4) is 0 Å². The summed E-state index contributed by atoms with van der Waals surface area (Å²) in [4.78, 5) is 14.1. The Morgan fingerprint density at radius 3 is 2.12 bits per heavy atom. The summed E-state index contributed by atoms with van der Waals surface area (Å²) in [6.07, 6.45) is 7.95. The van der Waals surface area contributed by atoms with Crippen molar-refractivity contribution in [2.75, 3.05) is 6.54 Å². The van der Waals surface area contributed by atoms with Gasteiger partial charge in [0, 0.05) is 31.6 Å². The van der Waals surface area contributed by atoms with Crippen molar-refractivity contribution >= 4 is 15.9 Å². The molecule has 3 aliphatic rings. The monoisotopic (exact) mass is 356 g/mol. The van der Waals surface area contributed by atoms with Gasteiger partial charge in [0.15, 0.2) is 0 Å². The number of rotatable bonds is 2. The Labute approximate surface area is 146 Å². The molecule has 4 unspecified atom stereocenters. The maximum absolute atomic E-state index is 13.5. The second-order valence-electron chi connectivity index (χ2n) is 8.11. The van der Waals surface area contributed by atoms with Gasteiger partial charge in [-0.2, -0.15) is 4.31 Å². The smallest absolute Gasteiger partial charge is 0.220 e. The lowest BCUT2D eigenvalue weighted by Gasteiger charge is -2.53. The Bertz CT molecular complexity index is 577. The van der Waals surface area contributed by atoms with Crippen LogP contribution in [-0.2, 0) is 14.8 Å². The fourth-order valence-corrected chi connectivity index (χ4v) is 7.88. The third kappa shape index (κ3) is 3.12. The molecule has 3 fully saturated rings. The van der Waals surface area contributed by atoms with E-state index in [9.17, 15) is 13.2 Å². The molecule has 0 radical (unpaired) electrons. The van der Waals surface area contributed by atoms with Gasteiger partial charge in [-0.25, -0.2) is 8.42 Å². The van der Waals surface area contributed by atoms with Crippen molar-refractivity contribution in [3.8, 4) is 0 Å². The third-order valence-electron chi connectivity index (χ3n) is 6.45. The Balaban J connectivity index is 1.90. The van der Waals surface area contributed by atoms with Crippen LogP contribution in [0.25, 0.3) is 0 Å². The van der Waals surface area contributed by atoms with Gasteiger partial charge < -0.3 is 4.90 Å². The maximum Gasteiger partial charge on any atom is 0.220 e. The van der Waals surface area contributed by atoms with E-state index >= 15 is 0 Å². The van der Waals surface area contributed by atoms with Crippen molar-refractivity contribution in [3.05, 3.63) is 0 Å². The minimum absolute atomic E-state index is 0.0158. The molecule has 6 heteroatoms. The highest BCUT2D eigenvalue weighted by Gasteiger charge is 2.49. The van der Waals surface area contributed by atoms with Crippen LogP contribution in [-0.4, -0.2) is 53.5 Å². The summed E-state index contributed by atoms with van der Waals surface area (Å²) in [7, 11) is -3.29. The zero-order valence-corrected chi connectivity index (χ0v) is 16.1. The minimum Gasteiger partial charge on any atom is -0.334 e. The molecule has 0 aromatic carbocycles. The third-order valence-corrected chi connectivity index (χ3v) is 8.99. The summed E-state index contributed by atoms with van der Waals surface area (Å²) in [6.45, 7) is 6.18. The molecule has 5 nitrogen and oxygen atoms in total. The van der Waals surface area contributed by atoms with Crippen LogP contribution >= 0.6 is 0 Å². The molecule has 0 aromatic heterocycles. The van der Waals surface area contributed by atoms with Gasteiger partial charge in [-0.1, -0.05) is 32.6 Å². The Morgan fingerprint density at radius 1 is 0.917 bits per heavy atom. The van der Waals surface area contributed by atoms with E-state index in [-0.39, 0.29) is 35.2 Å². The Hall–Kier alpha value is -0.620. The standard InChI is InChI=1S/C18H32N2O3S/c1-13-8-4-7-11-18(13)24(22,23)19-12-14(2)20(15(3)21)17-10-6-5-9-16(17)19/h13-14,16-18H,4-12H2,1-3H3/t13?,14-,16?,17?,18?/m0/s1. The van der Waals surface area contributed by atoms with E-state index in [1.54, 1.807) is 6.92 Å². The van der Waals surface area contributed by atoms with Gasteiger partial charge in [0.05, 0.1) is 5.25 Å². The molecule has 0 aromatic rings. The van der Waals surface area contributed by atoms with Crippen LogP contribution in [0.1, 0.15) is 72.1 Å². The lowest BCUT2D eigenvalue weighted by molar-refractivity contribution is -0.139. The second kappa shape index (κ2) is 6.94. The van der Waals surface area contributed by atoms with E-state index in [1.807, 2.05) is 16.1 Å². The first kappa shape index (κ1) is 18.2. The topological polar surface area (TPSA) is 57.7 Å². The van der Waals surface area contributed by atoms with E-state index in [0.29, 0.717) is 6.54 Å². The van der Waals surface area contributed by atoms with Crippen LogP contribution < -0.4 is 0 Å². The predicted molar refractivity (Wildman–Crippen MR) is 95.1 cm³/mol. The van der Waals surface area contributed by atoms with Crippen molar-refractivity contribution in [1.82, 2.24) is 9.21 Å². The molecule has 24 heavy (non-hydrogen) atoms. The number of sulfonamides is 1. The van der Waals surface area contributed by atoms with Crippen LogP contribution in [0.15, 0.2) is 0 Å². The number of carbonyl (C=O) groups excluding carboxylic acids is 1. The van der Waals surface area contributed by atoms with Gasteiger partial charge in [0.2, 0.25) is 15.9 Å². The molecule has 5 atom stereocenters. The molecule has 1 aliphatic heterocycles. The number of carbonyl (C=O) groups is 1. The van der Waals surface area contributed by atoms with Gasteiger partial charge in [0.25, 0.3) is 0 Å². The number of fused-ring (bicyclic) bond motifs is 1. The molecule has 0 spiro atoms. The highest BCUT2D eigenvalue weighted by atomic mass is 32.2. The van der Waals surface area contributed by atoms with E-state index in [1.165, 1.54) is 0 Å².